The first-order valence-corrected chi connectivity index (χ1v) is 5.06. The number of hydrogen-bond donors (Lipinski definition) is 1. The Morgan fingerprint density at radius 3 is 2.82 bits per heavy atom. The van der Waals surface area contributed by atoms with Gasteiger partial charge in [-0.25, -0.2) is 0 Å². The SMILES string of the molecule is CNCC1CC2CCCCC21. The van der Waals surface area contributed by atoms with Crippen LogP contribution in [0.5, 0.6) is 0 Å². The van der Waals surface area contributed by atoms with Crippen LogP contribution in [0.2, 0.25) is 0 Å². The minimum atomic E-state index is 1.03. The number of fused-ring (bicyclic) bond motifs is 1. The van der Waals surface area contributed by atoms with Crippen LogP contribution in [0.4, 0.5) is 0 Å². The maximum atomic E-state index is 3.30. The summed E-state index contributed by atoms with van der Waals surface area (Å²) >= 11 is 0. The lowest BCUT2D eigenvalue weighted by Crippen LogP contribution is -2.43. The van der Waals surface area contributed by atoms with Crippen LogP contribution >= 0.6 is 0 Å². The lowest BCUT2D eigenvalue weighted by molar-refractivity contribution is 0.0312. The zero-order valence-electron chi connectivity index (χ0n) is 7.47. The molecule has 1 heteroatoms. The van der Waals surface area contributed by atoms with Gasteiger partial charge in [0.05, 0.1) is 0 Å². The van der Waals surface area contributed by atoms with Crippen molar-refractivity contribution in [2.24, 2.45) is 17.8 Å². The minimum absolute atomic E-state index is 1.03. The average molecular weight is 153 g/mol. The van der Waals surface area contributed by atoms with Crippen LogP contribution < -0.4 is 5.32 Å². The molecule has 11 heavy (non-hydrogen) atoms. The highest BCUT2D eigenvalue weighted by Crippen LogP contribution is 2.48. The molecule has 0 aliphatic heterocycles. The van der Waals surface area contributed by atoms with Crippen molar-refractivity contribution < 1.29 is 0 Å². The quantitative estimate of drug-likeness (QED) is 0.640. The van der Waals surface area contributed by atoms with E-state index in [1.807, 2.05) is 0 Å². The van der Waals surface area contributed by atoms with E-state index in [0.717, 1.165) is 17.8 Å². The molecule has 2 rings (SSSR count). The van der Waals surface area contributed by atoms with Crippen LogP contribution in [0.25, 0.3) is 0 Å². The van der Waals surface area contributed by atoms with Gasteiger partial charge in [-0.2, -0.15) is 0 Å². The Balaban J connectivity index is 1.81. The van der Waals surface area contributed by atoms with Gasteiger partial charge in [0.15, 0.2) is 0 Å². The summed E-state index contributed by atoms with van der Waals surface area (Å²) in [6.07, 6.45) is 7.59. The van der Waals surface area contributed by atoms with E-state index in [0.29, 0.717) is 0 Å². The Labute approximate surface area is 69.6 Å². The fourth-order valence-corrected chi connectivity index (χ4v) is 3.01. The second kappa shape index (κ2) is 3.14. The monoisotopic (exact) mass is 153 g/mol. The molecular weight excluding hydrogens is 134 g/mol. The Bertz CT molecular complexity index is 133. The maximum Gasteiger partial charge on any atom is -0.00207 e. The third-order valence-corrected chi connectivity index (χ3v) is 3.65. The molecule has 0 aromatic rings. The summed E-state index contributed by atoms with van der Waals surface area (Å²) < 4.78 is 0. The number of nitrogens with one attached hydrogen (secondary N) is 1. The van der Waals surface area contributed by atoms with Gasteiger partial charge >= 0.3 is 0 Å². The fraction of sp³-hybridized carbons (Fsp3) is 1.00. The summed E-state index contributed by atoms with van der Waals surface area (Å²) in [6, 6.07) is 0. The van der Waals surface area contributed by atoms with E-state index in [1.165, 1.54) is 38.6 Å². The predicted octanol–water partition coefficient (Wildman–Crippen LogP) is 2.03. The largest absolute Gasteiger partial charge is 0.319 e. The highest BCUT2D eigenvalue weighted by molar-refractivity contribution is 4.92. The third-order valence-electron chi connectivity index (χ3n) is 3.65. The van der Waals surface area contributed by atoms with Crippen molar-refractivity contribution >= 4 is 0 Å². The van der Waals surface area contributed by atoms with Crippen LogP contribution in [-0.2, 0) is 0 Å². The van der Waals surface area contributed by atoms with Gasteiger partial charge in [0.1, 0.15) is 0 Å². The fourth-order valence-electron chi connectivity index (χ4n) is 3.01. The summed E-state index contributed by atoms with van der Waals surface area (Å²) in [5, 5.41) is 3.30. The van der Waals surface area contributed by atoms with Gasteiger partial charge in [0.2, 0.25) is 0 Å². The van der Waals surface area contributed by atoms with Gasteiger partial charge in [0, 0.05) is 0 Å². The summed E-state index contributed by atoms with van der Waals surface area (Å²) in [5.41, 5.74) is 0. The average Bonchev–Trinajstić information content (AvgIpc) is 2.01. The van der Waals surface area contributed by atoms with E-state index < -0.39 is 0 Å². The van der Waals surface area contributed by atoms with Crippen molar-refractivity contribution in [1.82, 2.24) is 5.32 Å². The van der Waals surface area contributed by atoms with Crippen molar-refractivity contribution in [2.75, 3.05) is 13.6 Å². The highest BCUT2D eigenvalue weighted by Gasteiger charge is 2.40. The van der Waals surface area contributed by atoms with Gasteiger partial charge in [0.25, 0.3) is 0 Å². The lowest BCUT2D eigenvalue weighted by Gasteiger charge is -2.48. The maximum absolute atomic E-state index is 3.30. The van der Waals surface area contributed by atoms with E-state index in [-0.39, 0.29) is 0 Å². The molecule has 3 atom stereocenters. The van der Waals surface area contributed by atoms with Gasteiger partial charge < -0.3 is 5.32 Å². The molecule has 0 amide bonds. The van der Waals surface area contributed by atoms with Gasteiger partial charge in [-0.15, -0.1) is 0 Å². The molecule has 1 N–H and O–H groups in total. The first-order valence-electron chi connectivity index (χ1n) is 5.06. The molecule has 2 saturated carbocycles. The Morgan fingerprint density at radius 2 is 2.09 bits per heavy atom. The lowest BCUT2D eigenvalue weighted by atomic mass is 9.59. The standard InChI is InChI=1S/C10H19N/c1-11-7-9-6-8-4-2-3-5-10(8)9/h8-11H,2-7H2,1H3. The Kier molecular flexibility index (Phi) is 2.17. The number of rotatable bonds is 2. The molecule has 0 radical (unpaired) electrons. The highest BCUT2D eigenvalue weighted by atomic mass is 14.8. The molecule has 3 unspecified atom stereocenters. The van der Waals surface area contributed by atoms with Crippen LogP contribution in [0, 0.1) is 17.8 Å². The second-order valence-corrected chi connectivity index (χ2v) is 4.26. The van der Waals surface area contributed by atoms with Crippen LogP contribution in [0.1, 0.15) is 32.1 Å². The Hall–Kier alpha value is -0.0400. The van der Waals surface area contributed by atoms with E-state index in [9.17, 15) is 0 Å². The first kappa shape index (κ1) is 7.60. The third kappa shape index (κ3) is 1.31. The van der Waals surface area contributed by atoms with E-state index in [4.69, 9.17) is 0 Å². The summed E-state index contributed by atoms with van der Waals surface area (Å²) in [5.74, 6) is 3.27. The zero-order chi connectivity index (χ0) is 7.68. The Morgan fingerprint density at radius 1 is 1.27 bits per heavy atom. The summed E-state index contributed by atoms with van der Waals surface area (Å²) in [4.78, 5) is 0. The molecule has 64 valence electrons. The number of hydrogen-bond acceptors (Lipinski definition) is 1. The minimum Gasteiger partial charge on any atom is -0.319 e. The van der Waals surface area contributed by atoms with Gasteiger partial charge in [-0.3, -0.25) is 0 Å². The van der Waals surface area contributed by atoms with Crippen molar-refractivity contribution in [2.45, 2.75) is 32.1 Å². The van der Waals surface area contributed by atoms with Crippen LogP contribution in [0.3, 0.4) is 0 Å². The molecule has 1 nitrogen and oxygen atoms in total. The van der Waals surface area contributed by atoms with Crippen molar-refractivity contribution in [3.8, 4) is 0 Å². The smallest absolute Gasteiger partial charge is 0.00207 e. The molecule has 2 aliphatic carbocycles. The zero-order valence-corrected chi connectivity index (χ0v) is 7.47. The first-order chi connectivity index (χ1) is 5.42. The van der Waals surface area contributed by atoms with Crippen LogP contribution in [-0.4, -0.2) is 13.6 Å². The van der Waals surface area contributed by atoms with Crippen molar-refractivity contribution in [1.29, 1.82) is 0 Å². The van der Waals surface area contributed by atoms with E-state index in [1.54, 1.807) is 0 Å². The van der Waals surface area contributed by atoms with Gasteiger partial charge in [-0.05, 0) is 44.2 Å². The molecule has 0 aromatic heterocycles. The summed E-state index contributed by atoms with van der Waals surface area (Å²) in [7, 11) is 2.08. The molecule has 0 aromatic carbocycles. The predicted molar refractivity (Wildman–Crippen MR) is 47.5 cm³/mol. The van der Waals surface area contributed by atoms with Crippen molar-refractivity contribution in [3.63, 3.8) is 0 Å². The second-order valence-electron chi connectivity index (χ2n) is 4.26. The molecule has 0 spiro atoms. The molecule has 0 heterocycles. The molecular formula is C10H19N. The van der Waals surface area contributed by atoms with Crippen molar-refractivity contribution in [3.05, 3.63) is 0 Å². The van der Waals surface area contributed by atoms with E-state index >= 15 is 0 Å². The molecule has 2 aliphatic rings. The molecule has 2 fully saturated rings. The molecule has 0 bridgehead atoms. The summed E-state index contributed by atoms with van der Waals surface area (Å²) in [6.45, 7) is 1.27. The van der Waals surface area contributed by atoms with Crippen LogP contribution in [0.15, 0.2) is 0 Å². The molecule has 0 saturated heterocycles. The topological polar surface area (TPSA) is 12.0 Å². The normalized spacial score (nSPS) is 42.8. The van der Waals surface area contributed by atoms with E-state index in [2.05, 4.69) is 12.4 Å². The van der Waals surface area contributed by atoms with Gasteiger partial charge in [-0.1, -0.05) is 19.3 Å².